The van der Waals surface area contributed by atoms with Gasteiger partial charge < -0.3 is 5.11 Å². The maximum absolute atomic E-state index is 11.3. The van der Waals surface area contributed by atoms with Crippen molar-refractivity contribution in [3.05, 3.63) is 11.8 Å². The van der Waals surface area contributed by atoms with E-state index in [1.807, 2.05) is 0 Å². The minimum absolute atomic E-state index is 0. The summed E-state index contributed by atoms with van der Waals surface area (Å²) in [6.07, 6.45) is -11.9. The molecule has 0 aliphatic carbocycles. The van der Waals surface area contributed by atoms with Crippen molar-refractivity contribution in [1.82, 2.24) is 0 Å². The smallest absolute Gasteiger partial charge is 0.869 e. The number of rotatable bonds is 1. The van der Waals surface area contributed by atoms with Gasteiger partial charge in [0.05, 0.1) is 0 Å². The third-order valence-electron chi connectivity index (χ3n) is 0.821. The van der Waals surface area contributed by atoms with Gasteiger partial charge in [0.15, 0.2) is 0 Å². The zero-order valence-electron chi connectivity index (χ0n) is 5.98. The molecule has 0 saturated carbocycles. The average Bonchev–Trinajstić information content (AvgIpc) is 1.82. The van der Waals surface area contributed by atoms with Crippen molar-refractivity contribution in [2.75, 3.05) is 0 Å². The van der Waals surface area contributed by atoms with E-state index in [9.17, 15) is 36.2 Å². The van der Waals surface area contributed by atoms with Crippen LogP contribution in [0.1, 0.15) is 0 Å². The number of halogens is 6. The number of hydrogen-bond donors (Lipinski definition) is 0. The standard InChI is InChI=1S/C5H2F6O2.Pt/c6-4(7,8)2(12)1-3(13)5(9,10)11;/h1,12H;/q;+2/p-1/b2-1-;. The van der Waals surface area contributed by atoms with Crippen LogP contribution in [0.3, 0.4) is 0 Å². The van der Waals surface area contributed by atoms with Gasteiger partial charge in [-0.2, -0.15) is 26.3 Å². The molecule has 0 aliphatic rings. The second kappa shape index (κ2) is 4.81. The summed E-state index contributed by atoms with van der Waals surface area (Å²) in [5.41, 5.74) is 0. The monoisotopic (exact) mass is 402 g/mol. The van der Waals surface area contributed by atoms with Crippen LogP contribution >= 0.6 is 0 Å². The summed E-state index contributed by atoms with van der Waals surface area (Å²) < 4.78 is 67.8. The van der Waals surface area contributed by atoms with Crippen molar-refractivity contribution in [2.45, 2.75) is 12.4 Å². The molecule has 0 amide bonds. The minimum Gasteiger partial charge on any atom is -0.869 e. The molecule has 0 aromatic heterocycles. The molecule has 0 aliphatic heterocycles. The Kier molecular flexibility index (Phi) is 5.48. The van der Waals surface area contributed by atoms with E-state index in [4.69, 9.17) is 0 Å². The number of carbonyl (C=O) groups is 1. The second-order valence-corrected chi connectivity index (χ2v) is 1.87. The van der Waals surface area contributed by atoms with Crippen LogP contribution in [0.15, 0.2) is 11.8 Å². The first-order valence-corrected chi connectivity index (χ1v) is 2.62. The Morgan fingerprint density at radius 1 is 1.00 bits per heavy atom. The summed E-state index contributed by atoms with van der Waals surface area (Å²) in [5.74, 6) is -5.65. The van der Waals surface area contributed by atoms with E-state index < -0.39 is 30.0 Å². The van der Waals surface area contributed by atoms with Crippen LogP contribution in [0.4, 0.5) is 26.3 Å². The van der Waals surface area contributed by atoms with E-state index >= 15 is 0 Å². The Hall–Kier alpha value is -0.522. The molecule has 0 bridgehead atoms. The van der Waals surface area contributed by atoms with Gasteiger partial charge in [0.25, 0.3) is 5.78 Å². The molecule has 9 heteroatoms. The Morgan fingerprint density at radius 3 is 1.57 bits per heavy atom. The first kappa shape index (κ1) is 15.9. The van der Waals surface area contributed by atoms with Gasteiger partial charge >= 0.3 is 33.4 Å². The first-order chi connectivity index (χ1) is 5.55. The van der Waals surface area contributed by atoms with Crippen molar-refractivity contribution in [3.63, 3.8) is 0 Å². The number of ketones is 1. The predicted molar refractivity (Wildman–Crippen MR) is 25.2 cm³/mol. The molecule has 0 rings (SSSR count). The average molecular weight is 402 g/mol. The van der Waals surface area contributed by atoms with Crippen molar-refractivity contribution in [1.29, 1.82) is 0 Å². The first-order valence-electron chi connectivity index (χ1n) is 2.62. The van der Waals surface area contributed by atoms with E-state index in [1.54, 1.807) is 0 Å². The summed E-state index contributed by atoms with van der Waals surface area (Å²) >= 11 is 0. The zero-order chi connectivity index (χ0) is 10.9. The van der Waals surface area contributed by atoms with Crippen molar-refractivity contribution in [3.8, 4) is 0 Å². The van der Waals surface area contributed by atoms with Gasteiger partial charge in [-0.1, -0.05) is 0 Å². The second-order valence-electron chi connectivity index (χ2n) is 1.87. The number of alkyl halides is 6. The molecule has 14 heavy (non-hydrogen) atoms. The van der Waals surface area contributed by atoms with Crippen LogP contribution in [0, 0.1) is 0 Å². The number of allylic oxidation sites excluding steroid dienone is 2. The van der Waals surface area contributed by atoms with Crippen molar-refractivity contribution >= 4 is 5.78 Å². The molecule has 0 fully saturated rings. The quantitative estimate of drug-likeness (QED) is 0.372. The molecular formula is C5HF6O2Pt+. The van der Waals surface area contributed by atoms with E-state index in [0.29, 0.717) is 0 Å². The molecule has 0 aromatic carbocycles. The van der Waals surface area contributed by atoms with Gasteiger partial charge in [0.1, 0.15) is 0 Å². The fourth-order valence-electron chi connectivity index (χ4n) is 0.283. The van der Waals surface area contributed by atoms with E-state index in [-0.39, 0.29) is 21.1 Å². The molecule has 0 N–H and O–H groups in total. The van der Waals surface area contributed by atoms with E-state index in [2.05, 4.69) is 0 Å². The van der Waals surface area contributed by atoms with Crippen LogP contribution in [0.25, 0.3) is 0 Å². The van der Waals surface area contributed by atoms with Crippen LogP contribution in [-0.2, 0) is 25.9 Å². The maximum atomic E-state index is 11.3. The largest absolute Gasteiger partial charge is 2.00 e. The number of hydrogen-bond acceptors (Lipinski definition) is 2. The van der Waals surface area contributed by atoms with E-state index in [1.165, 1.54) is 0 Å². The Labute approximate surface area is 87.8 Å². The van der Waals surface area contributed by atoms with Gasteiger partial charge in [0.2, 0.25) is 0 Å². The summed E-state index contributed by atoms with van der Waals surface area (Å²) in [5, 5.41) is 9.82. The molecule has 0 spiro atoms. The predicted octanol–water partition coefficient (Wildman–Crippen LogP) is 0.922. The Balaban J connectivity index is 0. The fraction of sp³-hybridized carbons (Fsp3) is 0.400. The molecule has 0 heterocycles. The molecule has 0 atom stereocenters. The van der Waals surface area contributed by atoms with E-state index in [0.717, 1.165) is 0 Å². The Bertz CT molecular complexity index is 240. The third kappa shape index (κ3) is 5.26. The molecule has 2 nitrogen and oxygen atoms in total. The summed E-state index contributed by atoms with van der Waals surface area (Å²) in [4.78, 5) is 9.82. The van der Waals surface area contributed by atoms with Gasteiger partial charge in [-0.15, -0.1) is 0 Å². The summed E-state index contributed by atoms with van der Waals surface area (Å²) in [6.45, 7) is 0. The number of carbonyl (C=O) groups excluding carboxylic acids is 1. The fourth-order valence-corrected chi connectivity index (χ4v) is 0.283. The third-order valence-corrected chi connectivity index (χ3v) is 0.821. The van der Waals surface area contributed by atoms with Gasteiger partial charge in [-0.05, 0) is 11.8 Å². The van der Waals surface area contributed by atoms with Crippen molar-refractivity contribution in [2.24, 2.45) is 0 Å². The minimum atomic E-state index is -5.46. The van der Waals surface area contributed by atoms with Crippen LogP contribution in [0.5, 0.6) is 0 Å². The molecule has 84 valence electrons. The van der Waals surface area contributed by atoms with Gasteiger partial charge in [-0.25, -0.2) is 0 Å². The Morgan fingerprint density at radius 2 is 1.36 bits per heavy atom. The topological polar surface area (TPSA) is 40.1 Å². The summed E-state index contributed by atoms with van der Waals surface area (Å²) in [6, 6.07) is 0. The molecule has 0 saturated heterocycles. The molecule has 0 aromatic rings. The van der Waals surface area contributed by atoms with Crippen LogP contribution in [0.2, 0.25) is 0 Å². The van der Waals surface area contributed by atoms with Crippen LogP contribution < -0.4 is 5.11 Å². The van der Waals surface area contributed by atoms with Crippen LogP contribution in [-0.4, -0.2) is 18.1 Å². The van der Waals surface area contributed by atoms with Crippen molar-refractivity contribution < 1.29 is 57.3 Å². The molecule has 0 unspecified atom stereocenters. The van der Waals surface area contributed by atoms with Gasteiger partial charge in [0, 0.05) is 0 Å². The maximum Gasteiger partial charge on any atom is 2.00 e. The molecule has 0 radical (unpaired) electrons. The normalized spacial score (nSPS) is 13.4. The SMILES string of the molecule is O=C(/C=C(\[O-])C(F)(F)F)C(F)(F)F.[Pt+2]. The summed E-state index contributed by atoms with van der Waals surface area (Å²) in [7, 11) is 0. The zero-order valence-corrected chi connectivity index (χ0v) is 8.25. The van der Waals surface area contributed by atoms with Gasteiger partial charge in [-0.3, -0.25) is 4.79 Å². The molecular weight excluding hydrogens is 401 g/mol.